The normalized spacial score (nSPS) is 16.4. The zero-order valence-electron chi connectivity index (χ0n) is 19.1. The van der Waals surface area contributed by atoms with Crippen molar-refractivity contribution >= 4 is 0 Å². The number of alkyl halides is 26. The van der Waals surface area contributed by atoms with Gasteiger partial charge in [0.2, 0.25) is 0 Å². The Hall–Kier alpha value is -2.60. The van der Waals surface area contributed by atoms with Gasteiger partial charge in [0.25, 0.3) is 0 Å². The molecule has 0 nitrogen and oxygen atoms in total. The van der Waals surface area contributed by atoms with Crippen LogP contribution in [0.3, 0.4) is 0 Å². The van der Waals surface area contributed by atoms with Crippen LogP contribution in [-0.4, -0.2) is 59.7 Å². The number of hydrogen-bond donors (Lipinski definition) is 0. The lowest BCUT2D eigenvalue weighted by Gasteiger charge is -2.42. The zero-order chi connectivity index (χ0) is 36.0. The second kappa shape index (κ2) is 9.95. The first-order valence-electron chi connectivity index (χ1n) is 9.66. The van der Waals surface area contributed by atoms with Crippen LogP contribution in [0.25, 0.3) is 0 Å². The Labute approximate surface area is 222 Å². The molecular formula is C18H3F26. The average molecular weight is 713 g/mol. The molecule has 0 spiro atoms. The van der Waals surface area contributed by atoms with E-state index in [1.807, 2.05) is 0 Å². The molecule has 0 fully saturated rings. The summed E-state index contributed by atoms with van der Waals surface area (Å²) in [5.74, 6) is -85.0. The molecule has 0 aliphatic heterocycles. The van der Waals surface area contributed by atoms with Gasteiger partial charge in [0.05, 0.1) is 0 Å². The second-order valence-corrected chi connectivity index (χ2v) is 8.20. The Kier molecular flexibility index (Phi) is 8.91. The van der Waals surface area contributed by atoms with E-state index in [4.69, 9.17) is 0 Å². The van der Waals surface area contributed by atoms with Crippen LogP contribution in [0.5, 0.6) is 0 Å². The van der Waals surface area contributed by atoms with E-state index in [0.717, 1.165) is 0 Å². The van der Waals surface area contributed by atoms with Gasteiger partial charge in [0, 0.05) is 11.1 Å². The van der Waals surface area contributed by atoms with Gasteiger partial charge in [-0.25, -0.2) is 0 Å². The van der Waals surface area contributed by atoms with Crippen molar-refractivity contribution in [3.63, 3.8) is 0 Å². The first-order valence-corrected chi connectivity index (χ1v) is 9.66. The van der Waals surface area contributed by atoms with Gasteiger partial charge in [-0.15, -0.1) is 0 Å². The molecule has 1 rings (SSSR count). The minimum Gasteiger partial charge on any atom is -0.194 e. The molecular weight excluding hydrogens is 710 g/mol. The fraction of sp³-hybridized carbons (Fsp3) is 0.667. The first kappa shape index (κ1) is 39.4. The molecule has 1 aromatic carbocycles. The summed E-state index contributed by atoms with van der Waals surface area (Å²) in [5, 5.41) is 0. The topological polar surface area (TPSA) is 0 Å². The van der Waals surface area contributed by atoms with Crippen molar-refractivity contribution < 1.29 is 114 Å². The van der Waals surface area contributed by atoms with E-state index in [-0.39, 0.29) is 6.07 Å². The Morgan fingerprint density at radius 3 is 0.909 bits per heavy atom. The molecule has 0 aliphatic carbocycles. The van der Waals surface area contributed by atoms with Crippen molar-refractivity contribution in [3.05, 3.63) is 35.4 Å². The van der Waals surface area contributed by atoms with Crippen molar-refractivity contribution in [1.82, 2.24) is 0 Å². The fourth-order valence-corrected chi connectivity index (χ4v) is 2.82. The van der Waals surface area contributed by atoms with E-state index < -0.39 is 101 Å². The Bertz CT molecular complexity index is 1100. The third kappa shape index (κ3) is 4.77. The Morgan fingerprint density at radius 2 is 0.614 bits per heavy atom. The van der Waals surface area contributed by atoms with E-state index in [1.165, 1.54) is 0 Å². The minimum atomic E-state index is -8.81. The van der Waals surface area contributed by atoms with Gasteiger partial charge in [-0.3, -0.25) is 0 Å². The molecule has 1 aromatic rings. The van der Waals surface area contributed by atoms with Crippen LogP contribution in [0.1, 0.15) is 11.1 Å². The summed E-state index contributed by atoms with van der Waals surface area (Å²) in [6, 6.07) is -2.37. The van der Waals surface area contributed by atoms with Gasteiger partial charge >= 0.3 is 71.6 Å². The molecule has 26 heteroatoms. The molecule has 0 aromatic heterocycles. The van der Waals surface area contributed by atoms with Crippen LogP contribution >= 0.6 is 0 Å². The molecule has 0 N–H and O–H groups in total. The summed E-state index contributed by atoms with van der Waals surface area (Å²) in [5.41, 5.74) is -8.45. The van der Waals surface area contributed by atoms with Crippen molar-refractivity contribution in [2.24, 2.45) is 0 Å². The summed E-state index contributed by atoms with van der Waals surface area (Å²) < 4.78 is 347. The molecule has 0 aliphatic rings. The summed E-state index contributed by atoms with van der Waals surface area (Å²) in [6.45, 7) is 0. The predicted octanol–water partition coefficient (Wildman–Crippen LogP) is 9.88. The molecule has 0 saturated carbocycles. The summed E-state index contributed by atoms with van der Waals surface area (Å²) in [4.78, 5) is 0. The van der Waals surface area contributed by atoms with Gasteiger partial charge in [0.15, 0.2) is 0 Å². The second-order valence-electron chi connectivity index (χ2n) is 8.20. The molecule has 1 radical (unpaired) electrons. The lowest BCUT2D eigenvalue weighted by molar-refractivity contribution is -0.444. The summed E-state index contributed by atoms with van der Waals surface area (Å²) in [6.07, 6.45) is -16.0. The van der Waals surface area contributed by atoms with E-state index in [1.54, 1.807) is 0 Å². The minimum absolute atomic E-state index is 0.107. The molecule has 0 bridgehead atoms. The first-order chi connectivity index (χ1) is 18.7. The number of benzene rings is 1. The zero-order valence-corrected chi connectivity index (χ0v) is 19.1. The highest BCUT2D eigenvalue weighted by atomic mass is 19.4. The highest BCUT2D eigenvalue weighted by molar-refractivity contribution is 5.38. The molecule has 257 valence electrons. The number of halogens is 26. The van der Waals surface area contributed by atoms with Crippen LogP contribution in [0, 0.1) is 6.07 Å². The predicted molar refractivity (Wildman–Crippen MR) is 84.8 cm³/mol. The van der Waals surface area contributed by atoms with Crippen molar-refractivity contribution in [1.29, 1.82) is 0 Å². The van der Waals surface area contributed by atoms with Gasteiger partial charge in [0.1, 0.15) is 0 Å². The Morgan fingerprint density at radius 1 is 0.341 bits per heavy atom. The molecule has 44 heavy (non-hydrogen) atoms. The third-order valence-electron chi connectivity index (χ3n) is 5.38. The van der Waals surface area contributed by atoms with E-state index in [9.17, 15) is 114 Å². The van der Waals surface area contributed by atoms with Crippen molar-refractivity contribution in [2.45, 2.75) is 71.6 Å². The lowest BCUT2D eigenvalue weighted by atomic mass is 9.84. The monoisotopic (exact) mass is 713 g/mol. The number of hydrogen-bond acceptors (Lipinski definition) is 0. The largest absolute Gasteiger partial charge is 0.460 e. The SMILES string of the molecule is FC(F)(F)C(F)(F)C(F)(F)C(F)(F)C(F)(F)C(F)(F)c1[c]cccc1C(F)(F)C(F)(F)C(F)(F)C(F)(F)C(F)(F)C(F)(F)F. The molecule has 0 amide bonds. The van der Waals surface area contributed by atoms with Crippen LogP contribution in [0.4, 0.5) is 114 Å². The third-order valence-corrected chi connectivity index (χ3v) is 5.38. The van der Waals surface area contributed by atoms with Gasteiger partial charge in [-0.05, 0) is 6.07 Å². The van der Waals surface area contributed by atoms with Gasteiger partial charge < -0.3 is 0 Å². The quantitative estimate of drug-likeness (QED) is 0.212. The summed E-state index contributed by atoms with van der Waals surface area (Å²) >= 11 is 0. The van der Waals surface area contributed by atoms with Crippen molar-refractivity contribution in [3.8, 4) is 0 Å². The van der Waals surface area contributed by atoms with Gasteiger partial charge in [-0.2, -0.15) is 114 Å². The highest BCUT2D eigenvalue weighted by Crippen LogP contribution is 2.65. The standard InChI is InChI=1S/C18H3F26/c19-7(20,9(23,24)11(27,28)13(31,32)15(35,36)17(39,40)41)5-3-1-2-4-6(5)8(21,22)10(25,26)12(29,30)14(33,34)16(37,38)18(42,43)44/h1-3H. The lowest BCUT2D eigenvalue weighted by Crippen LogP contribution is -2.70. The van der Waals surface area contributed by atoms with Crippen LogP contribution < -0.4 is 0 Å². The average Bonchev–Trinajstić information content (AvgIpc) is 2.81. The maximum absolute atomic E-state index is 14.4. The van der Waals surface area contributed by atoms with Crippen LogP contribution in [-0.2, 0) is 11.8 Å². The molecule has 0 unspecified atom stereocenters. The fourth-order valence-electron chi connectivity index (χ4n) is 2.82. The smallest absolute Gasteiger partial charge is 0.194 e. The van der Waals surface area contributed by atoms with Crippen LogP contribution in [0.15, 0.2) is 18.2 Å². The van der Waals surface area contributed by atoms with E-state index >= 15 is 0 Å². The number of rotatable bonds is 10. The van der Waals surface area contributed by atoms with E-state index in [0.29, 0.717) is 0 Å². The molecule has 0 saturated heterocycles. The molecule has 0 heterocycles. The highest BCUT2D eigenvalue weighted by Gasteiger charge is 2.93. The molecule has 0 atom stereocenters. The van der Waals surface area contributed by atoms with Crippen LogP contribution in [0.2, 0.25) is 0 Å². The maximum Gasteiger partial charge on any atom is 0.460 e. The van der Waals surface area contributed by atoms with Crippen molar-refractivity contribution in [2.75, 3.05) is 0 Å². The maximum atomic E-state index is 14.4. The van der Waals surface area contributed by atoms with E-state index in [2.05, 4.69) is 0 Å². The van der Waals surface area contributed by atoms with Gasteiger partial charge in [-0.1, -0.05) is 18.2 Å². The Balaban J connectivity index is 4.05. The summed E-state index contributed by atoms with van der Waals surface area (Å²) in [7, 11) is 0.